The maximum absolute atomic E-state index is 12.4. The number of carbonyl (C=O) groups excluding carboxylic acids is 1. The number of amides is 1. The summed E-state index contributed by atoms with van der Waals surface area (Å²) >= 11 is 0. The first-order valence-corrected chi connectivity index (χ1v) is 9.10. The van der Waals surface area contributed by atoms with Crippen molar-refractivity contribution in [3.05, 3.63) is 58.6 Å². The van der Waals surface area contributed by atoms with Crippen LogP contribution in [0.3, 0.4) is 0 Å². The van der Waals surface area contributed by atoms with Crippen LogP contribution in [0.15, 0.2) is 48.5 Å². The molecule has 1 fully saturated rings. The van der Waals surface area contributed by atoms with Gasteiger partial charge in [-0.3, -0.25) is 14.9 Å². The summed E-state index contributed by atoms with van der Waals surface area (Å²) in [6.45, 7) is 1.73. The predicted molar refractivity (Wildman–Crippen MR) is 104 cm³/mol. The molecule has 1 atom stereocenters. The number of rotatable bonds is 7. The number of nitro groups is 1. The van der Waals surface area contributed by atoms with Gasteiger partial charge >= 0.3 is 0 Å². The first-order chi connectivity index (χ1) is 13.0. The van der Waals surface area contributed by atoms with Crippen molar-refractivity contribution in [1.82, 2.24) is 0 Å². The first-order valence-electron chi connectivity index (χ1n) is 9.10. The summed E-state index contributed by atoms with van der Waals surface area (Å²) in [6.07, 6.45) is 4.85. The van der Waals surface area contributed by atoms with E-state index in [4.69, 9.17) is 4.74 Å². The molecule has 142 valence electrons. The fourth-order valence-electron chi connectivity index (χ4n) is 3.12. The van der Waals surface area contributed by atoms with Crippen molar-refractivity contribution in [1.29, 1.82) is 0 Å². The zero-order valence-electron chi connectivity index (χ0n) is 15.2. The van der Waals surface area contributed by atoms with Crippen molar-refractivity contribution >= 4 is 23.0 Å². The lowest BCUT2D eigenvalue weighted by Crippen LogP contribution is -2.31. The summed E-state index contributed by atoms with van der Waals surface area (Å²) < 4.78 is 5.98. The van der Waals surface area contributed by atoms with Crippen molar-refractivity contribution < 1.29 is 14.5 Å². The highest BCUT2D eigenvalue weighted by molar-refractivity contribution is 5.96. The van der Waals surface area contributed by atoms with E-state index in [1.807, 2.05) is 24.3 Å². The van der Waals surface area contributed by atoms with Gasteiger partial charge in [0.25, 0.3) is 5.69 Å². The van der Waals surface area contributed by atoms with Crippen molar-refractivity contribution in [3.8, 4) is 5.75 Å². The Labute approximate surface area is 157 Å². The molecule has 1 unspecified atom stereocenters. The van der Waals surface area contributed by atoms with Gasteiger partial charge in [-0.15, -0.1) is 0 Å². The van der Waals surface area contributed by atoms with Gasteiger partial charge in [-0.25, -0.2) is 0 Å². The average Bonchev–Trinajstić information content (AvgIpc) is 3.15. The van der Waals surface area contributed by atoms with Crippen LogP contribution >= 0.6 is 0 Å². The minimum atomic E-state index is -0.522. The van der Waals surface area contributed by atoms with Crippen LogP contribution in [-0.4, -0.2) is 23.0 Å². The van der Waals surface area contributed by atoms with Crippen LogP contribution in [-0.2, 0) is 4.79 Å². The molecule has 1 saturated carbocycles. The van der Waals surface area contributed by atoms with Gasteiger partial charge in [0.2, 0.25) is 5.91 Å². The Balaban J connectivity index is 1.59. The molecule has 27 heavy (non-hydrogen) atoms. The largest absolute Gasteiger partial charge is 0.490 e. The summed E-state index contributed by atoms with van der Waals surface area (Å²) in [5.74, 6) is 0.510. The van der Waals surface area contributed by atoms with E-state index >= 15 is 0 Å². The van der Waals surface area contributed by atoms with E-state index in [0.29, 0.717) is 5.69 Å². The lowest BCUT2D eigenvalue weighted by Gasteiger charge is -2.17. The number of non-ortho nitro benzene ring substituents is 1. The zero-order valence-corrected chi connectivity index (χ0v) is 15.2. The molecule has 2 N–H and O–H groups in total. The van der Waals surface area contributed by atoms with E-state index in [9.17, 15) is 14.9 Å². The number of anilines is 2. The smallest absolute Gasteiger partial charge is 0.271 e. The molecule has 7 nitrogen and oxygen atoms in total. The number of nitrogens with one attached hydrogen (secondary N) is 2. The van der Waals surface area contributed by atoms with E-state index in [-0.39, 0.29) is 17.7 Å². The van der Waals surface area contributed by atoms with E-state index in [0.717, 1.165) is 24.3 Å². The number of hydrogen-bond donors (Lipinski definition) is 2. The highest BCUT2D eigenvalue weighted by Gasteiger charge is 2.17. The van der Waals surface area contributed by atoms with Gasteiger partial charge in [0.05, 0.1) is 11.0 Å². The van der Waals surface area contributed by atoms with Gasteiger partial charge in [0, 0.05) is 29.6 Å². The maximum Gasteiger partial charge on any atom is 0.271 e. The molecule has 1 aliphatic carbocycles. The standard InChI is InChI=1S/C20H23N3O4/c1-14(20(24)22-15-6-4-8-17(12-15)23(25)26)21-16-7-5-11-19(13-16)27-18-9-2-3-10-18/h4-8,11-14,18,21H,2-3,9-10H2,1H3,(H,22,24). The molecule has 1 amide bonds. The predicted octanol–water partition coefficient (Wildman–Crippen LogP) is 4.36. The normalized spacial score (nSPS) is 15.1. The molecule has 0 heterocycles. The van der Waals surface area contributed by atoms with Gasteiger partial charge in [-0.1, -0.05) is 12.1 Å². The molecule has 0 radical (unpaired) electrons. The molecular formula is C20H23N3O4. The number of hydrogen-bond acceptors (Lipinski definition) is 5. The van der Waals surface area contributed by atoms with E-state index < -0.39 is 11.0 Å². The maximum atomic E-state index is 12.4. The molecule has 0 saturated heterocycles. The molecule has 0 spiro atoms. The first kappa shape index (κ1) is 18.7. The third kappa shape index (κ3) is 5.20. The highest BCUT2D eigenvalue weighted by Crippen LogP contribution is 2.26. The number of nitrogens with zero attached hydrogens (tertiary/aromatic N) is 1. The van der Waals surface area contributed by atoms with Crippen LogP contribution in [0.5, 0.6) is 5.75 Å². The Bertz CT molecular complexity index is 818. The summed E-state index contributed by atoms with van der Waals surface area (Å²) in [4.78, 5) is 22.7. The number of nitro benzene ring substituents is 1. The molecular weight excluding hydrogens is 346 g/mol. The van der Waals surface area contributed by atoms with E-state index in [1.165, 1.54) is 31.0 Å². The van der Waals surface area contributed by atoms with Gasteiger partial charge in [0.1, 0.15) is 11.8 Å². The Morgan fingerprint density at radius 2 is 1.85 bits per heavy atom. The van der Waals surface area contributed by atoms with Crippen molar-refractivity contribution in [2.75, 3.05) is 10.6 Å². The van der Waals surface area contributed by atoms with Crippen molar-refractivity contribution in [2.45, 2.75) is 44.8 Å². The Morgan fingerprint density at radius 1 is 1.15 bits per heavy atom. The third-order valence-electron chi connectivity index (χ3n) is 4.54. The fourth-order valence-corrected chi connectivity index (χ4v) is 3.12. The fraction of sp³-hybridized carbons (Fsp3) is 0.350. The second-order valence-electron chi connectivity index (χ2n) is 6.71. The lowest BCUT2D eigenvalue weighted by molar-refractivity contribution is -0.384. The molecule has 2 aromatic rings. The molecule has 2 aromatic carbocycles. The summed E-state index contributed by atoms with van der Waals surface area (Å²) in [6, 6.07) is 12.9. The SMILES string of the molecule is CC(Nc1cccc(OC2CCCC2)c1)C(=O)Nc1cccc([N+](=O)[O-])c1. The van der Waals surface area contributed by atoms with Crippen LogP contribution < -0.4 is 15.4 Å². The van der Waals surface area contributed by atoms with Crippen molar-refractivity contribution in [3.63, 3.8) is 0 Å². The summed E-state index contributed by atoms with van der Waals surface area (Å²) in [5.41, 5.74) is 1.11. The topological polar surface area (TPSA) is 93.5 Å². The van der Waals surface area contributed by atoms with E-state index in [1.54, 1.807) is 13.0 Å². The number of benzene rings is 2. The van der Waals surface area contributed by atoms with Gasteiger partial charge < -0.3 is 15.4 Å². The van der Waals surface area contributed by atoms with Crippen LogP contribution in [0.4, 0.5) is 17.1 Å². The molecule has 1 aliphatic rings. The lowest BCUT2D eigenvalue weighted by atomic mass is 10.2. The molecule has 0 aliphatic heterocycles. The molecule has 0 aromatic heterocycles. The quantitative estimate of drug-likeness (QED) is 0.559. The Hall–Kier alpha value is -3.09. The summed E-state index contributed by atoms with van der Waals surface area (Å²) in [5, 5.41) is 16.7. The minimum absolute atomic E-state index is 0.0647. The average molecular weight is 369 g/mol. The van der Waals surface area contributed by atoms with Crippen LogP contribution in [0, 0.1) is 10.1 Å². The van der Waals surface area contributed by atoms with Gasteiger partial charge in [-0.05, 0) is 50.8 Å². The second-order valence-corrected chi connectivity index (χ2v) is 6.71. The zero-order chi connectivity index (χ0) is 19.2. The van der Waals surface area contributed by atoms with Gasteiger partial charge in [-0.2, -0.15) is 0 Å². The number of ether oxygens (including phenoxy) is 1. The Kier molecular flexibility index (Phi) is 5.90. The number of carbonyl (C=O) groups is 1. The molecule has 0 bridgehead atoms. The molecule has 3 rings (SSSR count). The second kappa shape index (κ2) is 8.53. The monoisotopic (exact) mass is 369 g/mol. The van der Waals surface area contributed by atoms with Crippen LogP contribution in [0.2, 0.25) is 0 Å². The third-order valence-corrected chi connectivity index (χ3v) is 4.54. The van der Waals surface area contributed by atoms with Crippen molar-refractivity contribution in [2.24, 2.45) is 0 Å². The van der Waals surface area contributed by atoms with Crippen LogP contribution in [0.25, 0.3) is 0 Å². The highest BCUT2D eigenvalue weighted by atomic mass is 16.6. The minimum Gasteiger partial charge on any atom is -0.490 e. The van der Waals surface area contributed by atoms with E-state index in [2.05, 4.69) is 10.6 Å². The Morgan fingerprint density at radius 3 is 2.59 bits per heavy atom. The molecule has 7 heteroatoms. The van der Waals surface area contributed by atoms with Gasteiger partial charge in [0.15, 0.2) is 0 Å². The van der Waals surface area contributed by atoms with Crippen LogP contribution in [0.1, 0.15) is 32.6 Å². The summed E-state index contributed by atoms with van der Waals surface area (Å²) in [7, 11) is 0.